The summed E-state index contributed by atoms with van der Waals surface area (Å²) in [6.07, 6.45) is 0. The molecule has 0 saturated heterocycles. The summed E-state index contributed by atoms with van der Waals surface area (Å²) >= 11 is 1.37. The number of ether oxygens (including phenoxy) is 1. The molecule has 0 aliphatic rings. The second kappa shape index (κ2) is 6.79. The van der Waals surface area contributed by atoms with Gasteiger partial charge in [-0.25, -0.2) is 25.8 Å². The summed E-state index contributed by atoms with van der Waals surface area (Å²) in [6.45, 7) is 6.27. The minimum absolute atomic E-state index is 0.315. The molecule has 0 aliphatic carbocycles. The van der Waals surface area contributed by atoms with Crippen molar-refractivity contribution in [1.29, 1.82) is 0 Å². The molecule has 2 rings (SSSR count). The number of hydrogen-bond acceptors (Lipinski definition) is 8. The Morgan fingerprint density at radius 1 is 1.14 bits per heavy atom. The third-order valence-corrected chi connectivity index (χ3v) is 3.76. The second-order valence-corrected chi connectivity index (χ2v) is 5.48. The average molecular weight is 306 g/mol. The maximum atomic E-state index is 5.42. The van der Waals surface area contributed by atoms with Gasteiger partial charge in [-0.3, -0.25) is 0 Å². The maximum absolute atomic E-state index is 5.42. The Labute approximate surface area is 127 Å². The van der Waals surface area contributed by atoms with E-state index in [1.807, 2.05) is 20.8 Å². The van der Waals surface area contributed by atoms with E-state index in [4.69, 9.17) is 10.6 Å². The molecular weight excluding hydrogens is 288 g/mol. The van der Waals surface area contributed by atoms with Crippen molar-refractivity contribution in [3.05, 3.63) is 28.8 Å². The van der Waals surface area contributed by atoms with Crippen LogP contribution < -0.4 is 11.3 Å². The highest BCUT2D eigenvalue weighted by molar-refractivity contribution is 7.99. The van der Waals surface area contributed by atoms with Gasteiger partial charge in [0.15, 0.2) is 11.0 Å². The zero-order valence-electron chi connectivity index (χ0n) is 12.5. The van der Waals surface area contributed by atoms with Gasteiger partial charge in [-0.05, 0) is 38.1 Å². The van der Waals surface area contributed by atoms with Gasteiger partial charge in [0.05, 0.1) is 0 Å². The van der Waals surface area contributed by atoms with Gasteiger partial charge in [-0.15, -0.1) is 0 Å². The molecule has 0 saturated carbocycles. The molecule has 3 N–H and O–H groups in total. The molecule has 112 valence electrons. The minimum atomic E-state index is 0.315. The molecule has 0 spiro atoms. The van der Waals surface area contributed by atoms with Crippen LogP contribution in [0, 0.1) is 20.8 Å². The number of nitrogens with zero attached hydrogens (tertiary/aromatic N) is 4. The molecule has 0 atom stereocenters. The summed E-state index contributed by atoms with van der Waals surface area (Å²) in [6, 6.07) is 1.75. The largest absolute Gasteiger partial charge is 0.377 e. The molecule has 0 aromatic carbocycles. The van der Waals surface area contributed by atoms with E-state index in [1.165, 1.54) is 11.8 Å². The first-order valence-corrected chi connectivity index (χ1v) is 7.18. The van der Waals surface area contributed by atoms with Crippen LogP contribution in [0.4, 0.5) is 5.82 Å². The first kappa shape index (κ1) is 15.6. The van der Waals surface area contributed by atoms with Crippen molar-refractivity contribution in [2.45, 2.75) is 37.6 Å². The lowest BCUT2D eigenvalue weighted by Gasteiger charge is -2.08. The molecule has 2 aromatic rings. The van der Waals surface area contributed by atoms with Crippen LogP contribution in [0.3, 0.4) is 0 Å². The molecule has 21 heavy (non-hydrogen) atoms. The van der Waals surface area contributed by atoms with E-state index < -0.39 is 0 Å². The maximum Gasteiger partial charge on any atom is 0.194 e. The highest BCUT2D eigenvalue weighted by atomic mass is 32.2. The van der Waals surface area contributed by atoms with E-state index in [9.17, 15) is 0 Å². The van der Waals surface area contributed by atoms with Gasteiger partial charge in [0.1, 0.15) is 17.5 Å². The molecule has 0 fully saturated rings. The molecular formula is C13H18N6OS. The number of aromatic nitrogens is 4. The summed E-state index contributed by atoms with van der Waals surface area (Å²) < 4.78 is 5.05. The second-order valence-electron chi connectivity index (χ2n) is 4.49. The van der Waals surface area contributed by atoms with Crippen molar-refractivity contribution in [3.63, 3.8) is 0 Å². The molecule has 2 heterocycles. The van der Waals surface area contributed by atoms with E-state index in [2.05, 4.69) is 25.4 Å². The van der Waals surface area contributed by atoms with Crippen LogP contribution in [-0.2, 0) is 11.3 Å². The number of aryl methyl sites for hydroxylation is 2. The Hall–Kier alpha value is -1.77. The van der Waals surface area contributed by atoms with E-state index in [-0.39, 0.29) is 0 Å². The van der Waals surface area contributed by atoms with Gasteiger partial charge in [-0.2, -0.15) is 0 Å². The van der Waals surface area contributed by atoms with Gasteiger partial charge in [0.2, 0.25) is 0 Å². The van der Waals surface area contributed by atoms with Gasteiger partial charge in [-0.1, -0.05) is 0 Å². The number of nitrogen functional groups attached to an aromatic ring is 1. The number of nitrogens with two attached hydrogens (primary N) is 1. The molecule has 0 radical (unpaired) electrons. The van der Waals surface area contributed by atoms with Crippen LogP contribution in [0.15, 0.2) is 16.2 Å². The minimum Gasteiger partial charge on any atom is -0.377 e. The van der Waals surface area contributed by atoms with Crippen molar-refractivity contribution in [1.82, 2.24) is 19.9 Å². The lowest BCUT2D eigenvalue weighted by Crippen LogP contribution is -2.11. The highest BCUT2D eigenvalue weighted by Gasteiger charge is 2.10. The highest BCUT2D eigenvalue weighted by Crippen LogP contribution is 2.26. The van der Waals surface area contributed by atoms with E-state index in [0.717, 1.165) is 17.0 Å². The summed E-state index contributed by atoms with van der Waals surface area (Å²) in [4.78, 5) is 17.5. The number of anilines is 1. The van der Waals surface area contributed by atoms with Crippen LogP contribution in [0.2, 0.25) is 0 Å². The Morgan fingerprint density at radius 2 is 1.81 bits per heavy atom. The number of hydrazine groups is 1. The number of nitrogens with one attached hydrogen (secondary N) is 1. The molecule has 0 amide bonds. The molecule has 7 nitrogen and oxygen atoms in total. The normalized spacial score (nSPS) is 10.7. The van der Waals surface area contributed by atoms with Crippen molar-refractivity contribution >= 4 is 17.6 Å². The summed E-state index contributed by atoms with van der Waals surface area (Å²) in [5.74, 6) is 6.50. The SMILES string of the molecule is COCc1nc(NN)cc(Sc2nc(C)c(C)c(C)n2)n1. The Balaban J connectivity index is 2.32. The monoisotopic (exact) mass is 306 g/mol. The number of rotatable bonds is 5. The Bertz CT molecular complexity index is 626. The fourth-order valence-electron chi connectivity index (χ4n) is 1.67. The number of methoxy groups -OCH3 is 1. The third kappa shape index (κ3) is 3.87. The summed E-state index contributed by atoms with van der Waals surface area (Å²) in [5, 5.41) is 1.37. The first-order valence-electron chi connectivity index (χ1n) is 6.36. The third-order valence-electron chi connectivity index (χ3n) is 2.98. The molecule has 2 aromatic heterocycles. The van der Waals surface area contributed by atoms with E-state index in [0.29, 0.717) is 28.4 Å². The van der Waals surface area contributed by atoms with Crippen molar-refractivity contribution in [3.8, 4) is 0 Å². The van der Waals surface area contributed by atoms with Crippen molar-refractivity contribution in [2.75, 3.05) is 12.5 Å². The Kier molecular flexibility index (Phi) is 5.05. The molecule has 0 unspecified atom stereocenters. The van der Waals surface area contributed by atoms with Crippen LogP contribution in [-0.4, -0.2) is 27.0 Å². The Morgan fingerprint density at radius 3 is 2.38 bits per heavy atom. The fourth-order valence-corrected chi connectivity index (χ4v) is 2.55. The average Bonchev–Trinajstić information content (AvgIpc) is 2.44. The standard InChI is InChI=1S/C13H18N6OS/c1-7-8(2)15-13(16-9(7)3)21-12-5-10(19-14)17-11(18-12)6-20-4/h5H,6,14H2,1-4H3,(H,17,18,19). The van der Waals surface area contributed by atoms with Crippen LogP contribution >= 0.6 is 11.8 Å². The molecule has 0 aliphatic heterocycles. The topological polar surface area (TPSA) is 98.8 Å². The van der Waals surface area contributed by atoms with Crippen LogP contribution in [0.5, 0.6) is 0 Å². The van der Waals surface area contributed by atoms with Gasteiger partial charge in [0, 0.05) is 24.6 Å². The summed E-state index contributed by atoms with van der Waals surface area (Å²) in [5.41, 5.74) is 5.56. The lowest BCUT2D eigenvalue weighted by atomic mass is 10.2. The quantitative estimate of drug-likeness (QED) is 0.373. The predicted octanol–water partition coefficient (Wildman–Crippen LogP) is 1.78. The predicted molar refractivity (Wildman–Crippen MR) is 80.9 cm³/mol. The zero-order valence-corrected chi connectivity index (χ0v) is 13.3. The molecule has 8 heteroatoms. The van der Waals surface area contributed by atoms with Crippen LogP contribution in [0.25, 0.3) is 0 Å². The fraction of sp³-hybridized carbons (Fsp3) is 0.385. The lowest BCUT2D eigenvalue weighted by molar-refractivity contribution is 0.177. The first-order chi connectivity index (χ1) is 10.0. The van der Waals surface area contributed by atoms with Gasteiger partial charge < -0.3 is 10.2 Å². The van der Waals surface area contributed by atoms with Gasteiger partial charge >= 0.3 is 0 Å². The number of hydrogen-bond donors (Lipinski definition) is 2. The van der Waals surface area contributed by atoms with Crippen molar-refractivity contribution < 1.29 is 4.74 Å². The smallest absolute Gasteiger partial charge is 0.194 e. The summed E-state index contributed by atoms with van der Waals surface area (Å²) in [7, 11) is 1.59. The van der Waals surface area contributed by atoms with Gasteiger partial charge in [0.25, 0.3) is 0 Å². The van der Waals surface area contributed by atoms with Crippen LogP contribution in [0.1, 0.15) is 22.8 Å². The van der Waals surface area contributed by atoms with E-state index >= 15 is 0 Å². The van der Waals surface area contributed by atoms with Crippen molar-refractivity contribution in [2.24, 2.45) is 5.84 Å². The molecule has 0 bridgehead atoms. The van der Waals surface area contributed by atoms with E-state index in [1.54, 1.807) is 13.2 Å². The zero-order chi connectivity index (χ0) is 15.4.